The predicted molar refractivity (Wildman–Crippen MR) is 138 cm³/mol. The molecular weight excluding hydrogens is 434 g/mol. The predicted octanol–water partition coefficient (Wildman–Crippen LogP) is 5.63. The van der Waals surface area contributed by atoms with Crippen LogP contribution in [0.25, 0.3) is 0 Å². The van der Waals surface area contributed by atoms with E-state index in [1.165, 1.54) is 0 Å². The summed E-state index contributed by atoms with van der Waals surface area (Å²) in [5.41, 5.74) is 3.86. The van der Waals surface area contributed by atoms with Gasteiger partial charge >= 0.3 is 5.97 Å². The molecule has 0 spiro atoms. The molecule has 0 N–H and O–H groups in total. The summed E-state index contributed by atoms with van der Waals surface area (Å²) < 4.78 is 5.62. The molecule has 0 saturated heterocycles. The molecule has 4 nitrogen and oxygen atoms in total. The average Bonchev–Trinajstić information content (AvgIpc) is 2.92. The molecule has 0 unspecified atom stereocenters. The van der Waals surface area contributed by atoms with Crippen molar-refractivity contribution < 1.29 is 14.3 Å². The van der Waals surface area contributed by atoms with Crippen molar-refractivity contribution in [1.29, 1.82) is 0 Å². The molecule has 4 aromatic carbocycles. The standard InChI is InChI=1S/C31H29NO3/c33-29(32(23-26-15-7-2-8-16-26)22-21-25-13-5-1-6-14-25)24-35-31(34)30(27-17-9-3-10-18-27)28-19-11-4-12-20-28/h1-20,30H,21-24H2. The molecule has 0 radical (unpaired) electrons. The maximum atomic E-state index is 13.2. The van der Waals surface area contributed by atoms with Crippen molar-refractivity contribution >= 4 is 11.9 Å². The Bertz CT molecular complexity index is 1160. The molecule has 0 saturated carbocycles. The second kappa shape index (κ2) is 12.3. The molecule has 0 atom stereocenters. The first kappa shape index (κ1) is 24.0. The van der Waals surface area contributed by atoms with Gasteiger partial charge in [-0.15, -0.1) is 0 Å². The zero-order valence-corrected chi connectivity index (χ0v) is 19.6. The van der Waals surface area contributed by atoms with Gasteiger partial charge in [0.2, 0.25) is 0 Å². The van der Waals surface area contributed by atoms with Crippen LogP contribution in [0.2, 0.25) is 0 Å². The smallest absolute Gasteiger partial charge is 0.318 e. The van der Waals surface area contributed by atoms with Crippen LogP contribution in [0.15, 0.2) is 121 Å². The Morgan fingerprint density at radius 3 is 1.60 bits per heavy atom. The van der Waals surface area contributed by atoms with Crippen molar-refractivity contribution in [2.75, 3.05) is 13.2 Å². The molecule has 0 aliphatic heterocycles. The maximum Gasteiger partial charge on any atom is 0.318 e. The van der Waals surface area contributed by atoms with Crippen molar-refractivity contribution in [3.63, 3.8) is 0 Å². The number of rotatable bonds is 10. The highest BCUT2D eigenvalue weighted by Gasteiger charge is 2.26. The Balaban J connectivity index is 1.46. The summed E-state index contributed by atoms with van der Waals surface area (Å²) in [6.07, 6.45) is 0.726. The van der Waals surface area contributed by atoms with Crippen molar-refractivity contribution in [2.24, 2.45) is 0 Å². The summed E-state index contributed by atoms with van der Waals surface area (Å²) in [5, 5.41) is 0. The van der Waals surface area contributed by atoms with Crippen LogP contribution in [0.1, 0.15) is 28.2 Å². The van der Waals surface area contributed by atoms with Crippen LogP contribution < -0.4 is 0 Å². The van der Waals surface area contributed by atoms with E-state index in [1.807, 2.05) is 109 Å². The van der Waals surface area contributed by atoms with E-state index in [4.69, 9.17) is 4.74 Å². The van der Waals surface area contributed by atoms with Gasteiger partial charge in [0, 0.05) is 13.1 Å². The molecule has 0 aliphatic carbocycles. The molecule has 0 bridgehead atoms. The van der Waals surface area contributed by atoms with E-state index < -0.39 is 11.9 Å². The number of hydrogen-bond donors (Lipinski definition) is 0. The zero-order chi connectivity index (χ0) is 24.3. The first-order chi connectivity index (χ1) is 17.2. The number of hydrogen-bond acceptors (Lipinski definition) is 3. The molecule has 0 heterocycles. The van der Waals surface area contributed by atoms with Crippen LogP contribution >= 0.6 is 0 Å². The van der Waals surface area contributed by atoms with Crippen molar-refractivity contribution in [1.82, 2.24) is 4.90 Å². The lowest BCUT2D eigenvalue weighted by Gasteiger charge is -2.24. The Morgan fingerprint density at radius 1 is 0.629 bits per heavy atom. The molecule has 0 aromatic heterocycles. The molecule has 1 amide bonds. The van der Waals surface area contributed by atoms with Crippen LogP contribution in [0.3, 0.4) is 0 Å². The molecule has 176 valence electrons. The Kier molecular flexibility index (Phi) is 8.44. The van der Waals surface area contributed by atoms with E-state index in [0.717, 1.165) is 28.7 Å². The van der Waals surface area contributed by atoms with E-state index in [9.17, 15) is 9.59 Å². The van der Waals surface area contributed by atoms with Crippen LogP contribution in [0.5, 0.6) is 0 Å². The lowest BCUT2D eigenvalue weighted by Crippen LogP contribution is -2.36. The fourth-order valence-electron chi connectivity index (χ4n) is 4.07. The monoisotopic (exact) mass is 463 g/mol. The van der Waals surface area contributed by atoms with Gasteiger partial charge < -0.3 is 9.64 Å². The number of nitrogens with zero attached hydrogens (tertiary/aromatic N) is 1. The summed E-state index contributed by atoms with van der Waals surface area (Å²) in [5.74, 6) is -1.23. The maximum absolute atomic E-state index is 13.2. The topological polar surface area (TPSA) is 46.6 Å². The first-order valence-corrected chi connectivity index (χ1v) is 11.8. The van der Waals surface area contributed by atoms with E-state index in [1.54, 1.807) is 4.90 Å². The van der Waals surface area contributed by atoms with Crippen LogP contribution in [0, 0.1) is 0 Å². The van der Waals surface area contributed by atoms with Crippen LogP contribution in [-0.2, 0) is 27.3 Å². The number of amides is 1. The highest BCUT2D eigenvalue weighted by molar-refractivity contribution is 5.85. The average molecular weight is 464 g/mol. The second-order valence-corrected chi connectivity index (χ2v) is 8.40. The summed E-state index contributed by atoms with van der Waals surface area (Å²) in [6.45, 7) is 0.706. The Morgan fingerprint density at radius 2 is 1.09 bits per heavy atom. The van der Waals surface area contributed by atoms with Gasteiger partial charge in [-0.05, 0) is 28.7 Å². The summed E-state index contributed by atoms with van der Waals surface area (Å²) in [7, 11) is 0. The fourth-order valence-corrected chi connectivity index (χ4v) is 4.07. The van der Waals surface area contributed by atoms with Gasteiger partial charge in [-0.25, -0.2) is 0 Å². The molecule has 0 fully saturated rings. The van der Waals surface area contributed by atoms with Gasteiger partial charge in [0.1, 0.15) is 5.92 Å². The van der Waals surface area contributed by atoms with E-state index in [0.29, 0.717) is 13.1 Å². The third-order valence-corrected chi connectivity index (χ3v) is 5.92. The normalized spacial score (nSPS) is 10.7. The molecule has 4 aromatic rings. The van der Waals surface area contributed by atoms with Crippen LogP contribution in [0.4, 0.5) is 0 Å². The minimum absolute atomic E-state index is 0.210. The SMILES string of the molecule is O=C(OCC(=O)N(CCc1ccccc1)Cc1ccccc1)C(c1ccccc1)c1ccccc1. The van der Waals surface area contributed by atoms with Gasteiger partial charge in [-0.3, -0.25) is 9.59 Å². The molecule has 35 heavy (non-hydrogen) atoms. The van der Waals surface area contributed by atoms with Gasteiger partial charge in [0.25, 0.3) is 5.91 Å². The third-order valence-electron chi connectivity index (χ3n) is 5.92. The molecule has 4 heteroatoms. The highest BCUT2D eigenvalue weighted by Crippen LogP contribution is 2.26. The highest BCUT2D eigenvalue weighted by atomic mass is 16.5. The van der Waals surface area contributed by atoms with E-state index >= 15 is 0 Å². The van der Waals surface area contributed by atoms with Crippen molar-refractivity contribution in [3.05, 3.63) is 144 Å². The van der Waals surface area contributed by atoms with Gasteiger partial charge in [0.05, 0.1) is 0 Å². The molecular formula is C31H29NO3. The summed E-state index contributed by atoms with van der Waals surface area (Å²) in [4.78, 5) is 28.2. The minimum Gasteiger partial charge on any atom is -0.455 e. The number of carbonyl (C=O) groups excluding carboxylic acids is 2. The summed E-state index contributed by atoms with van der Waals surface area (Å²) in [6, 6.07) is 39.0. The fraction of sp³-hybridized carbons (Fsp3) is 0.161. The van der Waals surface area contributed by atoms with E-state index in [2.05, 4.69) is 12.1 Å². The first-order valence-electron chi connectivity index (χ1n) is 11.8. The van der Waals surface area contributed by atoms with Crippen molar-refractivity contribution in [3.8, 4) is 0 Å². The molecule has 0 aliphatic rings. The Labute approximate surface area is 206 Å². The van der Waals surface area contributed by atoms with E-state index in [-0.39, 0.29) is 12.5 Å². The van der Waals surface area contributed by atoms with Gasteiger partial charge in [-0.1, -0.05) is 121 Å². The quantitative estimate of drug-likeness (QED) is 0.286. The third kappa shape index (κ3) is 6.90. The van der Waals surface area contributed by atoms with Gasteiger partial charge in [-0.2, -0.15) is 0 Å². The molecule has 4 rings (SSSR count). The van der Waals surface area contributed by atoms with Crippen molar-refractivity contribution in [2.45, 2.75) is 18.9 Å². The summed E-state index contributed by atoms with van der Waals surface area (Å²) >= 11 is 0. The lowest BCUT2D eigenvalue weighted by molar-refractivity contribution is -0.152. The number of carbonyl (C=O) groups is 2. The Hall–Kier alpha value is -4.18. The number of ether oxygens (including phenoxy) is 1. The van der Waals surface area contributed by atoms with Crippen LogP contribution in [-0.4, -0.2) is 29.9 Å². The number of benzene rings is 4. The number of esters is 1. The lowest BCUT2D eigenvalue weighted by atomic mass is 9.91. The zero-order valence-electron chi connectivity index (χ0n) is 19.6. The minimum atomic E-state index is -0.586. The van der Waals surface area contributed by atoms with Gasteiger partial charge in [0.15, 0.2) is 6.61 Å². The second-order valence-electron chi connectivity index (χ2n) is 8.40. The largest absolute Gasteiger partial charge is 0.455 e.